The van der Waals surface area contributed by atoms with Crippen LogP contribution in [0.5, 0.6) is 0 Å². The van der Waals surface area contributed by atoms with Gasteiger partial charge in [-0.05, 0) is 6.92 Å². The topological polar surface area (TPSA) is 46.6 Å². The Morgan fingerprint density at radius 3 is 2.50 bits per heavy atom. The van der Waals surface area contributed by atoms with Gasteiger partial charge in [-0.25, -0.2) is 0 Å². The molecule has 16 heavy (non-hydrogen) atoms. The van der Waals surface area contributed by atoms with Crippen molar-refractivity contribution in [3.05, 3.63) is 12.7 Å². The van der Waals surface area contributed by atoms with Crippen molar-refractivity contribution in [1.29, 1.82) is 0 Å². The van der Waals surface area contributed by atoms with Gasteiger partial charge >= 0.3 is 5.97 Å². The molecule has 4 nitrogen and oxygen atoms in total. The molecule has 0 aliphatic rings. The molecule has 1 amide bonds. The minimum absolute atomic E-state index is 0.0317. The molecule has 0 rings (SSSR count). The first kappa shape index (κ1) is 14.7. The monoisotopic (exact) mass is 227 g/mol. The van der Waals surface area contributed by atoms with Crippen LogP contribution < -0.4 is 0 Å². The molecule has 0 aromatic carbocycles. The zero-order valence-electron chi connectivity index (χ0n) is 10.4. The third-order valence-corrected chi connectivity index (χ3v) is 2.05. The van der Waals surface area contributed by atoms with E-state index >= 15 is 0 Å². The Morgan fingerprint density at radius 1 is 1.44 bits per heavy atom. The number of ether oxygens (including phenoxy) is 1. The average Bonchev–Trinajstić information content (AvgIpc) is 2.23. The third kappa shape index (κ3) is 5.53. The summed E-state index contributed by atoms with van der Waals surface area (Å²) in [5.41, 5.74) is 0. The number of hydrogen-bond donors (Lipinski definition) is 0. The van der Waals surface area contributed by atoms with Crippen molar-refractivity contribution >= 4 is 11.9 Å². The van der Waals surface area contributed by atoms with Gasteiger partial charge < -0.3 is 9.64 Å². The van der Waals surface area contributed by atoms with Crippen LogP contribution in [0.2, 0.25) is 0 Å². The summed E-state index contributed by atoms with van der Waals surface area (Å²) < 4.78 is 4.81. The fourth-order valence-electron chi connectivity index (χ4n) is 1.27. The fraction of sp³-hybridized carbons (Fsp3) is 0.667. The second-order valence-electron chi connectivity index (χ2n) is 3.78. The molecule has 0 atom stereocenters. The van der Waals surface area contributed by atoms with Gasteiger partial charge in [0.25, 0.3) is 0 Å². The lowest BCUT2D eigenvalue weighted by atomic mass is 10.2. The largest absolute Gasteiger partial charge is 0.466 e. The average molecular weight is 227 g/mol. The molecule has 0 bridgehead atoms. The van der Waals surface area contributed by atoms with E-state index < -0.39 is 0 Å². The normalized spacial score (nSPS) is 10.0. The lowest BCUT2D eigenvalue weighted by Crippen LogP contribution is -2.36. The van der Waals surface area contributed by atoms with Crippen molar-refractivity contribution in [1.82, 2.24) is 4.90 Å². The SMILES string of the molecule is C=CCN(CCC(=O)OCC)C(=O)C(C)C. The van der Waals surface area contributed by atoms with Gasteiger partial charge in [-0.1, -0.05) is 19.9 Å². The molecule has 0 unspecified atom stereocenters. The van der Waals surface area contributed by atoms with E-state index in [9.17, 15) is 9.59 Å². The molecule has 0 N–H and O–H groups in total. The lowest BCUT2D eigenvalue weighted by molar-refractivity contribution is -0.144. The predicted molar refractivity (Wildman–Crippen MR) is 62.9 cm³/mol. The maximum absolute atomic E-state index is 11.7. The van der Waals surface area contributed by atoms with Gasteiger partial charge in [0.05, 0.1) is 13.0 Å². The van der Waals surface area contributed by atoms with Gasteiger partial charge in [-0.2, -0.15) is 0 Å². The maximum atomic E-state index is 11.7. The van der Waals surface area contributed by atoms with Crippen LogP contribution in [-0.4, -0.2) is 36.5 Å². The van der Waals surface area contributed by atoms with E-state index in [4.69, 9.17) is 4.74 Å². The maximum Gasteiger partial charge on any atom is 0.307 e. The number of amides is 1. The molecule has 0 spiro atoms. The van der Waals surface area contributed by atoms with Crippen LogP contribution in [0.15, 0.2) is 12.7 Å². The molecule has 0 saturated heterocycles. The van der Waals surface area contributed by atoms with E-state index in [1.807, 2.05) is 13.8 Å². The molecule has 4 heteroatoms. The van der Waals surface area contributed by atoms with Crippen LogP contribution in [0.4, 0.5) is 0 Å². The van der Waals surface area contributed by atoms with Gasteiger partial charge in [0.1, 0.15) is 0 Å². The number of carbonyl (C=O) groups excluding carboxylic acids is 2. The minimum Gasteiger partial charge on any atom is -0.466 e. The molecule has 0 heterocycles. The Hall–Kier alpha value is -1.32. The molecule has 0 saturated carbocycles. The Bertz CT molecular complexity index is 249. The van der Waals surface area contributed by atoms with Crippen LogP contribution >= 0.6 is 0 Å². The van der Waals surface area contributed by atoms with E-state index in [1.165, 1.54) is 0 Å². The van der Waals surface area contributed by atoms with Gasteiger partial charge in [0, 0.05) is 19.0 Å². The van der Waals surface area contributed by atoms with Gasteiger partial charge in [0.15, 0.2) is 0 Å². The Kier molecular flexibility index (Phi) is 7.25. The smallest absolute Gasteiger partial charge is 0.307 e. The zero-order chi connectivity index (χ0) is 12.6. The van der Waals surface area contributed by atoms with E-state index in [1.54, 1.807) is 17.9 Å². The van der Waals surface area contributed by atoms with Crippen LogP contribution in [0.25, 0.3) is 0 Å². The Morgan fingerprint density at radius 2 is 2.06 bits per heavy atom. The lowest BCUT2D eigenvalue weighted by Gasteiger charge is -2.22. The highest BCUT2D eigenvalue weighted by Crippen LogP contribution is 2.03. The van der Waals surface area contributed by atoms with E-state index in [0.29, 0.717) is 19.7 Å². The number of esters is 1. The summed E-state index contributed by atoms with van der Waals surface area (Å²) in [6.45, 7) is 10.3. The number of rotatable bonds is 7. The van der Waals surface area contributed by atoms with Crippen LogP contribution in [0, 0.1) is 5.92 Å². The van der Waals surface area contributed by atoms with E-state index in [-0.39, 0.29) is 24.2 Å². The van der Waals surface area contributed by atoms with Gasteiger partial charge in [-0.3, -0.25) is 9.59 Å². The van der Waals surface area contributed by atoms with Crippen molar-refractivity contribution in [3.8, 4) is 0 Å². The summed E-state index contributed by atoms with van der Waals surface area (Å²) in [6, 6.07) is 0. The quantitative estimate of drug-likeness (QED) is 0.490. The first-order valence-electron chi connectivity index (χ1n) is 5.58. The molecule has 0 aromatic heterocycles. The second kappa shape index (κ2) is 7.91. The van der Waals surface area contributed by atoms with Gasteiger partial charge in [-0.15, -0.1) is 6.58 Å². The second-order valence-corrected chi connectivity index (χ2v) is 3.78. The van der Waals surface area contributed by atoms with E-state index in [0.717, 1.165) is 0 Å². The number of nitrogens with zero attached hydrogens (tertiary/aromatic N) is 1. The predicted octanol–water partition coefficient (Wildman–Crippen LogP) is 1.61. The minimum atomic E-state index is -0.270. The number of carbonyl (C=O) groups is 2. The van der Waals surface area contributed by atoms with Crippen molar-refractivity contribution in [3.63, 3.8) is 0 Å². The summed E-state index contributed by atoms with van der Waals surface area (Å²) >= 11 is 0. The van der Waals surface area contributed by atoms with Gasteiger partial charge in [0.2, 0.25) is 5.91 Å². The standard InChI is InChI=1S/C12H21NO3/c1-5-8-13(12(15)10(3)4)9-7-11(14)16-6-2/h5,10H,1,6-9H2,2-4H3. The van der Waals surface area contributed by atoms with Crippen molar-refractivity contribution in [2.45, 2.75) is 27.2 Å². The Labute approximate surface area is 97.3 Å². The molecule has 0 radical (unpaired) electrons. The van der Waals surface area contributed by atoms with Crippen LogP contribution in [0.1, 0.15) is 27.2 Å². The van der Waals surface area contributed by atoms with E-state index in [2.05, 4.69) is 6.58 Å². The third-order valence-electron chi connectivity index (χ3n) is 2.05. The first-order chi connectivity index (χ1) is 7.52. The summed E-state index contributed by atoms with van der Waals surface area (Å²) in [5.74, 6) is -0.306. The molecule has 0 aliphatic heterocycles. The van der Waals surface area contributed by atoms with Crippen LogP contribution in [0.3, 0.4) is 0 Å². The fourth-order valence-corrected chi connectivity index (χ4v) is 1.27. The molecular weight excluding hydrogens is 206 g/mol. The van der Waals surface area contributed by atoms with Crippen LogP contribution in [-0.2, 0) is 14.3 Å². The zero-order valence-corrected chi connectivity index (χ0v) is 10.4. The first-order valence-corrected chi connectivity index (χ1v) is 5.58. The van der Waals surface area contributed by atoms with Crippen molar-refractivity contribution in [2.24, 2.45) is 5.92 Å². The highest BCUT2D eigenvalue weighted by atomic mass is 16.5. The highest BCUT2D eigenvalue weighted by molar-refractivity contribution is 5.79. The molecule has 0 aliphatic carbocycles. The number of hydrogen-bond acceptors (Lipinski definition) is 3. The van der Waals surface area contributed by atoms with Crippen molar-refractivity contribution in [2.75, 3.05) is 19.7 Å². The Balaban J connectivity index is 4.18. The summed E-state index contributed by atoms with van der Waals surface area (Å²) in [6.07, 6.45) is 1.89. The molecule has 0 aromatic rings. The summed E-state index contributed by atoms with van der Waals surface area (Å²) in [7, 11) is 0. The van der Waals surface area contributed by atoms with Crippen molar-refractivity contribution < 1.29 is 14.3 Å². The molecule has 0 fully saturated rings. The summed E-state index contributed by atoms with van der Waals surface area (Å²) in [5, 5.41) is 0. The highest BCUT2D eigenvalue weighted by Gasteiger charge is 2.16. The summed E-state index contributed by atoms with van der Waals surface area (Å²) in [4.78, 5) is 24.5. The molecular formula is C12H21NO3. The molecule has 92 valence electrons.